The SMILES string of the molecule is CCCCCCCCOC1=CC2C3C(=O)C=CC=C3CC3=CC=c4c(c1c1c(OCCCCCCCC)cc5c6c(ccc4c61)Cc1ccccc1-5)C32. The highest BCUT2D eigenvalue weighted by Gasteiger charge is 2.47. The van der Waals surface area contributed by atoms with Crippen LogP contribution in [-0.2, 0) is 16.0 Å². The maximum Gasteiger partial charge on any atom is 0.163 e. The summed E-state index contributed by atoms with van der Waals surface area (Å²) in [5.74, 6) is 2.21. The van der Waals surface area contributed by atoms with E-state index in [1.807, 2.05) is 6.08 Å². The van der Waals surface area contributed by atoms with Gasteiger partial charge in [-0.15, -0.1) is 0 Å². The Balaban J connectivity index is 1.23. The lowest BCUT2D eigenvalue weighted by atomic mass is 9.58. The van der Waals surface area contributed by atoms with E-state index in [-0.39, 0.29) is 23.5 Å². The smallest absolute Gasteiger partial charge is 0.163 e. The van der Waals surface area contributed by atoms with Crippen LogP contribution < -0.4 is 9.96 Å². The minimum Gasteiger partial charge on any atom is -0.493 e. The number of benzene rings is 4. The quantitative estimate of drug-likeness (QED) is 0.0960. The van der Waals surface area contributed by atoms with Gasteiger partial charge in [0.15, 0.2) is 5.78 Å². The number of fused-ring (bicyclic) bond motifs is 6. The number of rotatable bonds is 16. The molecule has 0 amide bonds. The molecule has 9 rings (SSSR count). The molecule has 0 bridgehead atoms. The van der Waals surface area contributed by atoms with Crippen LogP contribution >= 0.6 is 0 Å². The van der Waals surface area contributed by atoms with E-state index in [1.54, 1.807) is 6.08 Å². The molecule has 5 aliphatic carbocycles. The minimum atomic E-state index is -0.139. The summed E-state index contributed by atoms with van der Waals surface area (Å²) in [6, 6.07) is 16.1. The topological polar surface area (TPSA) is 35.5 Å². The van der Waals surface area contributed by atoms with Crippen molar-refractivity contribution in [1.29, 1.82) is 0 Å². The van der Waals surface area contributed by atoms with Gasteiger partial charge in [0.05, 0.1) is 19.1 Å². The normalized spacial score (nSPS) is 20.3. The molecule has 0 aromatic heterocycles. The average molecular weight is 703 g/mol. The number of hydrogen-bond donors (Lipinski definition) is 0. The molecule has 1 fully saturated rings. The van der Waals surface area contributed by atoms with Gasteiger partial charge in [0.1, 0.15) is 11.5 Å². The van der Waals surface area contributed by atoms with Gasteiger partial charge >= 0.3 is 0 Å². The molecule has 0 N–H and O–H groups in total. The lowest BCUT2D eigenvalue weighted by Gasteiger charge is -2.45. The fourth-order valence-electron chi connectivity index (χ4n) is 10.4. The summed E-state index contributed by atoms with van der Waals surface area (Å²) < 4.78 is 14.0. The number of carbonyl (C=O) groups is 1. The molecule has 0 heterocycles. The van der Waals surface area contributed by atoms with E-state index >= 15 is 0 Å². The van der Waals surface area contributed by atoms with Crippen molar-refractivity contribution in [3.05, 3.63) is 111 Å². The van der Waals surface area contributed by atoms with Gasteiger partial charge in [0, 0.05) is 28.2 Å². The highest BCUT2D eigenvalue weighted by molar-refractivity contribution is 6.22. The van der Waals surface area contributed by atoms with E-state index in [0.29, 0.717) is 13.2 Å². The molecule has 4 aromatic rings. The minimum absolute atomic E-state index is 0.0366. The summed E-state index contributed by atoms with van der Waals surface area (Å²) in [5, 5.41) is 6.49. The molecule has 5 aliphatic rings. The molecule has 3 atom stereocenters. The van der Waals surface area contributed by atoms with Crippen LogP contribution in [0.5, 0.6) is 5.75 Å². The zero-order chi connectivity index (χ0) is 35.9. The first-order valence-electron chi connectivity index (χ1n) is 20.9. The lowest BCUT2D eigenvalue weighted by molar-refractivity contribution is -0.118. The van der Waals surface area contributed by atoms with Gasteiger partial charge in [0.25, 0.3) is 0 Å². The molecule has 53 heavy (non-hydrogen) atoms. The molecule has 272 valence electrons. The van der Waals surface area contributed by atoms with Crippen molar-refractivity contribution in [2.45, 2.75) is 110 Å². The van der Waals surface area contributed by atoms with Crippen molar-refractivity contribution in [2.24, 2.45) is 11.8 Å². The molecular formula is C50H54O3. The van der Waals surface area contributed by atoms with Crippen LogP contribution in [0.2, 0.25) is 0 Å². The first kappa shape index (κ1) is 34.4. The fraction of sp³-hybridized carbons (Fsp3) is 0.420. The first-order valence-corrected chi connectivity index (χ1v) is 20.9. The number of ketones is 1. The lowest BCUT2D eigenvalue weighted by Crippen LogP contribution is -2.40. The van der Waals surface area contributed by atoms with E-state index in [9.17, 15) is 4.79 Å². The Bertz CT molecular complexity index is 2260. The summed E-state index contributed by atoms with van der Waals surface area (Å²) in [7, 11) is 0. The molecule has 3 nitrogen and oxygen atoms in total. The molecular weight excluding hydrogens is 649 g/mol. The largest absolute Gasteiger partial charge is 0.493 e. The predicted molar refractivity (Wildman–Crippen MR) is 220 cm³/mol. The number of ether oxygens (including phenoxy) is 2. The van der Waals surface area contributed by atoms with Crippen molar-refractivity contribution < 1.29 is 14.3 Å². The standard InChI is InChI=1S/C50H54O3/c1-3-5-7-9-11-15-26-52-42-30-39-36-20-14-13-18-32(36)28-34-22-24-37-38-25-23-35-29-33-19-17-21-41(51)44(33)40-31-43(53-27-16-12-10-8-6-4-2)50(48(38)46(35)40)49(42)47(37)45(34)39/h13-14,17-25,30-31,40,44,46H,3-12,15-16,26-29H2,1-2H3. The summed E-state index contributed by atoms with van der Waals surface area (Å²) in [5.41, 5.74) is 10.6. The third-order valence-corrected chi connectivity index (χ3v) is 12.9. The van der Waals surface area contributed by atoms with Crippen LogP contribution in [0, 0.1) is 11.8 Å². The number of carbonyl (C=O) groups excluding carboxylic acids is 1. The molecule has 4 aromatic carbocycles. The third kappa shape index (κ3) is 5.99. The Morgan fingerprint density at radius 2 is 1.40 bits per heavy atom. The monoisotopic (exact) mass is 702 g/mol. The van der Waals surface area contributed by atoms with Crippen LogP contribution in [0.15, 0.2) is 84.0 Å². The number of hydrogen-bond acceptors (Lipinski definition) is 3. The van der Waals surface area contributed by atoms with Crippen LogP contribution in [0.1, 0.15) is 125 Å². The van der Waals surface area contributed by atoms with Gasteiger partial charge in [-0.3, -0.25) is 4.79 Å². The summed E-state index contributed by atoms with van der Waals surface area (Å²) in [6.07, 6.45) is 29.6. The Hall–Kier alpha value is -4.37. The second-order valence-corrected chi connectivity index (χ2v) is 16.2. The Morgan fingerprint density at radius 1 is 0.660 bits per heavy atom. The maximum absolute atomic E-state index is 13.7. The molecule has 0 spiro atoms. The molecule has 1 saturated carbocycles. The number of allylic oxidation sites excluding steroid dienone is 7. The first-order chi connectivity index (χ1) is 26.2. The van der Waals surface area contributed by atoms with Gasteiger partial charge in [-0.05, 0) is 87.7 Å². The van der Waals surface area contributed by atoms with E-state index in [1.165, 1.54) is 135 Å². The second kappa shape index (κ2) is 14.8. The van der Waals surface area contributed by atoms with Gasteiger partial charge in [-0.25, -0.2) is 0 Å². The molecule has 0 saturated heterocycles. The molecule has 0 aliphatic heterocycles. The van der Waals surface area contributed by atoms with Crippen molar-refractivity contribution in [1.82, 2.24) is 0 Å². The van der Waals surface area contributed by atoms with Crippen molar-refractivity contribution in [2.75, 3.05) is 13.2 Å². The molecule has 3 unspecified atom stereocenters. The van der Waals surface area contributed by atoms with Crippen molar-refractivity contribution in [3.8, 4) is 16.9 Å². The highest BCUT2D eigenvalue weighted by Crippen LogP contribution is 2.57. The van der Waals surface area contributed by atoms with Gasteiger partial charge in [-0.2, -0.15) is 0 Å². The number of unbranched alkanes of at least 4 members (excludes halogenated alkanes) is 10. The molecule has 3 heteroatoms. The summed E-state index contributed by atoms with van der Waals surface area (Å²) >= 11 is 0. The maximum atomic E-state index is 13.7. The van der Waals surface area contributed by atoms with Gasteiger partial charge in [-0.1, -0.05) is 150 Å². The Morgan fingerprint density at radius 3 is 2.21 bits per heavy atom. The summed E-state index contributed by atoms with van der Waals surface area (Å²) in [6.45, 7) is 5.94. The highest BCUT2D eigenvalue weighted by atomic mass is 16.5. The van der Waals surface area contributed by atoms with E-state index in [0.717, 1.165) is 37.2 Å². The van der Waals surface area contributed by atoms with Crippen LogP contribution in [0.25, 0.3) is 44.5 Å². The molecule has 0 radical (unpaired) electrons. The summed E-state index contributed by atoms with van der Waals surface area (Å²) in [4.78, 5) is 13.7. The van der Waals surface area contributed by atoms with Crippen molar-refractivity contribution in [3.63, 3.8) is 0 Å². The van der Waals surface area contributed by atoms with Gasteiger partial charge < -0.3 is 9.47 Å². The van der Waals surface area contributed by atoms with E-state index in [2.05, 4.69) is 80.6 Å². The third-order valence-electron chi connectivity index (χ3n) is 12.9. The Kier molecular flexibility index (Phi) is 9.61. The van der Waals surface area contributed by atoms with Gasteiger partial charge in [0.2, 0.25) is 0 Å². The fourth-order valence-corrected chi connectivity index (χ4v) is 10.4. The predicted octanol–water partition coefficient (Wildman–Crippen LogP) is 12.3. The van der Waals surface area contributed by atoms with Crippen LogP contribution in [-0.4, -0.2) is 19.0 Å². The van der Waals surface area contributed by atoms with E-state index < -0.39 is 0 Å². The average Bonchev–Trinajstić information content (AvgIpc) is 3.18. The van der Waals surface area contributed by atoms with Crippen LogP contribution in [0.3, 0.4) is 0 Å². The van der Waals surface area contributed by atoms with Crippen LogP contribution in [0.4, 0.5) is 0 Å². The second-order valence-electron chi connectivity index (χ2n) is 16.2. The van der Waals surface area contributed by atoms with E-state index in [4.69, 9.17) is 9.47 Å². The zero-order valence-corrected chi connectivity index (χ0v) is 31.8. The zero-order valence-electron chi connectivity index (χ0n) is 31.8. The van der Waals surface area contributed by atoms with Crippen molar-refractivity contribution >= 4 is 39.2 Å². The Labute approximate surface area is 315 Å².